The topological polar surface area (TPSA) is 58.6 Å². The van der Waals surface area contributed by atoms with Crippen LogP contribution in [0.25, 0.3) is 21.1 Å². The van der Waals surface area contributed by atoms with Gasteiger partial charge in [0.2, 0.25) is 0 Å². The highest BCUT2D eigenvalue weighted by Gasteiger charge is 2.02. The molecule has 67 valence electrons. The molecule has 3 rings (SSSR count). The van der Waals surface area contributed by atoms with Crippen LogP contribution in [0.5, 0.6) is 0 Å². The van der Waals surface area contributed by atoms with Crippen molar-refractivity contribution < 1.29 is 0 Å². The summed E-state index contributed by atoms with van der Waals surface area (Å²) in [6, 6.07) is 3.74. The summed E-state index contributed by atoms with van der Waals surface area (Å²) in [6.07, 6.45) is 4.20. The van der Waals surface area contributed by atoms with E-state index in [4.69, 9.17) is 0 Å². The van der Waals surface area contributed by atoms with E-state index in [0.717, 1.165) is 21.1 Å². The summed E-state index contributed by atoms with van der Waals surface area (Å²) in [6.45, 7) is 0. The van der Waals surface area contributed by atoms with Gasteiger partial charge in [0.25, 0.3) is 0 Å². The van der Waals surface area contributed by atoms with Crippen LogP contribution in [0.3, 0.4) is 0 Å². The van der Waals surface area contributed by atoms with Crippen molar-refractivity contribution in [1.82, 2.24) is 15.0 Å². The van der Waals surface area contributed by atoms with Gasteiger partial charge in [0.05, 0.1) is 15.7 Å². The molecule has 0 saturated heterocycles. The molecule has 0 spiro atoms. The van der Waals surface area contributed by atoms with Crippen LogP contribution in [0.2, 0.25) is 0 Å². The minimum Gasteiger partial charge on any atom is -0.312 e. The molecule has 4 nitrogen and oxygen atoms in total. The molecule has 2 aromatic heterocycles. The van der Waals surface area contributed by atoms with E-state index < -0.39 is 0 Å². The Labute approximate surface area is 82.3 Å². The minimum atomic E-state index is -0.0488. The van der Waals surface area contributed by atoms with Gasteiger partial charge in [0.15, 0.2) is 6.33 Å². The lowest BCUT2D eigenvalue weighted by Gasteiger charge is -1.93. The highest BCUT2D eigenvalue weighted by Crippen LogP contribution is 2.20. The van der Waals surface area contributed by atoms with Crippen LogP contribution in [0, 0.1) is 6.33 Å². The van der Waals surface area contributed by atoms with Crippen LogP contribution in [0.1, 0.15) is 0 Å². The van der Waals surface area contributed by atoms with Crippen molar-refractivity contribution >= 4 is 32.5 Å². The Balaban J connectivity index is 2.57. The summed E-state index contributed by atoms with van der Waals surface area (Å²) in [7, 11) is 0. The molecule has 0 aliphatic rings. The van der Waals surface area contributed by atoms with Gasteiger partial charge in [-0.3, -0.25) is 4.79 Å². The molecular weight excluding hydrogens is 198 g/mol. The number of H-pyrrole nitrogens is 1. The third-order valence-corrected chi connectivity index (χ3v) is 2.85. The van der Waals surface area contributed by atoms with Crippen molar-refractivity contribution in [3.63, 3.8) is 0 Å². The number of fused-ring (bicyclic) bond motifs is 2. The number of aromatic amines is 1. The molecule has 3 aromatic rings. The van der Waals surface area contributed by atoms with Crippen LogP contribution in [-0.2, 0) is 0 Å². The highest BCUT2D eigenvalue weighted by molar-refractivity contribution is 7.16. The zero-order chi connectivity index (χ0) is 9.54. The predicted molar refractivity (Wildman–Crippen MR) is 54.4 cm³/mol. The summed E-state index contributed by atoms with van der Waals surface area (Å²) in [5.41, 5.74) is 1.64. The molecule has 0 aliphatic heterocycles. The second kappa shape index (κ2) is 2.62. The van der Waals surface area contributed by atoms with Crippen molar-refractivity contribution in [2.75, 3.05) is 0 Å². The predicted octanol–water partition coefficient (Wildman–Crippen LogP) is 1.33. The number of nitrogens with zero attached hydrogens (tertiary/aromatic N) is 2. The van der Waals surface area contributed by atoms with Crippen molar-refractivity contribution in [2.24, 2.45) is 0 Å². The normalized spacial score (nSPS) is 11.1. The molecule has 14 heavy (non-hydrogen) atoms. The summed E-state index contributed by atoms with van der Waals surface area (Å²) in [5.74, 6) is 0. The highest BCUT2D eigenvalue weighted by atomic mass is 32.1. The molecule has 0 fully saturated rings. The molecule has 0 amide bonds. The molecule has 5 heteroatoms. The number of hydrogen-bond donors (Lipinski definition) is 1. The first-order valence-corrected chi connectivity index (χ1v) is 4.80. The number of aromatic nitrogens is 3. The molecular formula is C9H4N3OS. The molecule has 0 bridgehead atoms. The first-order valence-electron chi connectivity index (χ1n) is 3.98. The lowest BCUT2D eigenvalue weighted by Crippen LogP contribution is -1.89. The van der Waals surface area contributed by atoms with Crippen molar-refractivity contribution in [1.29, 1.82) is 0 Å². The molecule has 1 N–H and O–H groups in total. The van der Waals surface area contributed by atoms with E-state index in [9.17, 15) is 4.79 Å². The molecule has 0 aliphatic carbocycles. The average molecular weight is 202 g/mol. The zero-order valence-electron chi connectivity index (χ0n) is 6.94. The first kappa shape index (κ1) is 7.64. The van der Waals surface area contributed by atoms with Gasteiger partial charge >= 0.3 is 4.87 Å². The summed E-state index contributed by atoms with van der Waals surface area (Å²) >= 11 is 1.18. The van der Waals surface area contributed by atoms with Crippen molar-refractivity contribution in [3.05, 3.63) is 34.3 Å². The fraction of sp³-hybridized carbons (Fsp3) is 0. The number of rotatable bonds is 0. The van der Waals surface area contributed by atoms with Crippen LogP contribution in [-0.4, -0.2) is 15.0 Å². The number of hydrogen-bond acceptors (Lipinski definition) is 4. The van der Waals surface area contributed by atoms with Crippen LogP contribution < -0.4 is 4.87 Å². The molecule has 2 heterocycles. The van der Waals surface area contributed by atoms with Gasteiger partial charge in [0, 0.05) is 11.6 Å². The Bertz CT molecular complexity index is 615. The zero-order valence-corrected chi connectivity index (χ0v) is 7.76. The Hall–Kier alpha value is -1.75. The van der Waals surface area contributed by atoms with E-state index in [-0.39, 0.29) is 4.87 Å². The SMILES string of the molecule is O=c1[nH]c2cc3cn[c]nc3cc2s1. The van der Waals surface area contributed by atoms with Crippen LogP contribution in [0.15, 0.2) is 23.1 Å². The Morgan fingerprint density at radius 2 is 2.36 bits per heavy atom. The maximum Gasteiger partial charge on any atom is 0.305 e. The Morgan fingerprint density at radius 1 is 1.43 bits per heavy atom. The maximum absolute atomic E-state index is 11.1. The van der Waals surface area contributed by atoms with Crippen LogP contribution in [0.4, 0.5) is 0 Å². The van der Waals surface area contributed by atoms with Gasteiger partial charge < -0.3 is 4.98 Å². The van der Waals surface area contributed by atoms with E-state index >= 15 is 0 Å². The third kappa shape index (κ3) is 1.03. The van der Waals surface area contributed by atoms with Gasteiger partial charge in [-0.05, 0) is 12.1 Å². The van der Waals surface area contributed by atoms with E-state index in [1.165, 1.54) is 11.3 Å². The van der Waals surface area contributed by atoms with E-state index in [2.05, 4.69) is 21.3 Å². The van der Waals surface area contributed by atoms with Gasteiger partial charge in [-0.2, -0.15) is 0 Å². The molecule has 1 aromatic carbocycles. The maximum atomic E-state index is 11.1. The van der Waals surface area contributed by atoms with Gasteiger partial charge in [-0.25, -0.2) is 9.97 Å². The average Bonchev–Trinajstić information content (AvgIpc) is 2.53. The fourth-order valence-corrected chi connectivity index (χ4v) is 2.14. The monoisotopic (exact) mass is 202 g/mol. The van der Waals surface area contributed by atoms with Crippen molar-refractivity contribution in [3.8, 4) is 0 Å². The van der Waals surface area contributed by atoms with Gasteiger partial charge in [0.1, 0.15) is 0 Å². The molecule has 0 saturated carbocycles. The standard InChI is InChI=1S/C9H4N3OS/c13-9-12-7-1-5-3-10-4-11-6(5)2-8(7)14-9/h1-3H,(H,12,13). The Morgan fingerprint density at radius 3 is 3.29 bits per heavy atom. The Kier molecular flexibility index (Phi) is 1.43. The molecule has 1 radical (unpaired) electrons. The third-order valence-electron chi connectivity index (χ3n) is 2.00. The molecule has 0 atom stereocenters. The van der Waals surface area contributed by atoms with Gasteiger partial charge in [-0.15, -0.1) is 0 Å². The number of thiazole rings is 1. The van der Waals surface area contributed by atoms with E-state index in [0.29, 0.717) is 0 Å². The van der Waals surface area contributed by atoms with Crippen LogP contribution >= 0.6 is 11.3 Å². The second-order valence-electron chi connectivity index (χ2n) is 2.89. The summed E-state index contributed by atoms with van der Waals surface area (Å²) in [4.78, 5) is 21.6. The fourth-order valence-electron chi connectivity index (χ4n) is 1.38. The second-order valence-corrected chi connectivity index (χ2v) is 3.91. The lowest BCUT2D eigenvalue weighted by atomic mass is 10.2. The largest absolute Gasteiger partial charge is 0.312 e. The van der Waals surface area contributed by atoms with E-state index in [1.54, 1.807) is 6.20 Å². The number of benzene rings is 1. The van der Waals surface area contributed by atoms with E-state index in [1.807, 2.05) is 12.1 Å². The summed E-state index contributed by atoms with van der Waals surface area (Å²) in [5, 5.41) is 0.908. The quantitative estimate of drug-likeness (QED) is 0.598. The van der Waals surface area contributed by atoms with Crippen molar-refractivity contribution in [2.45, 2.75) is 0 Å². The molecule has 0 unspecified atom stereocenters. The minimum absolute atomic E-state index is 0.0488. The number of nitrogens with one attached hydrogen (secondary N) is 1. The smallest absolute Gasteiger partial charge is 0.305 e. The lowest BCUT2D eigenvalue weighted by molar-refractivity contribution is 1.20. The van der Waals surface area contributed by atoms with Gasteiger partial charge in [-0.1, -0.05) is 11.3 Å². The first-order chi connectivity index (χ1) is 6.83. The summed E-state index contributed by atoms with van der Waals surface area (Å²) < 4.78 is 0.912.